The Morgan fingerprint density at radius 3 is 2.61 bits per heavy atom. The van der Waals surface area contributed by atoms with Gasteiger partial charge in [0.15, 0.2) is 17.2 Å². The van der Waals surface area contributed by atoms with Crippen molar-refractivity contribution in [3.8, 4) is 22.8 Å². The predicted octanol–water partition coefficient (Wildman–Crippen LogP) is 3.93. The number of aromatic nitrogens is 4. The Morgan fingerprint density at radius 2 is 1.87 bits per heavy atom. The smallest absolute Gasteiger partial charge is 0.232 e. The number of nitrogens with one attached hydrogen (secondary N) is 1. The van der Waals surface area contributed by atoms with Gasteiger partial charge in [0, 0.05) is 23.5 Å². The van der Waals surface area contributed by atoms with Crippen molar-refractivity contribution < 1.29 is 21.9 Å². The number of fused-ring (bicyclic) bond motifs is 1. The van der Waals surface area contributed by atoms with Crippen molar-refractivity contribution >= 4 is 21.4 Å². The molecule has 0 atom stereocenters. The van der Waals surface area contributed by atoms with Crippen LogP contribution in [0.2, 0.25) is 0 Å². The van der Waals surface area contributed by atoms with Crippen LogP contribution in [0, 0.1) is 18.6 Å². The number of nitrogens with zero attached hydrogens (tertiary/aromatic N) is 4. The number of rotatable bonds is 6. The van der Waals surface area contributed by atoms with Crippen molar-refractivity contribution in [1.82, 2.24) is 19.6 Å². The van der Waals surface area contributed by atoms with E-state index in [1.165, 1.54) is 37.4 Å². The molecule has 1 N–H and O–H groups in total. The van der Waals surface area contributed by atoms with Gasteiger partial charge >= 0.3 is 0 Å². The highest BCUT2D eigenvalue weighted by Crippen LogP contribution is 2.36. The van der Waals surface area contributed by atoms with Crippen LogP contribution in [0.4, 0.5) is 14.5 Å². The zero-order valence-corrected chi connectivity index (χ0v) is 17.3. The maximum absolute atomic E-state index is 14.1. The zero-order valence-electron chi connectivity index (χ0n) is 16.5. The highest BCUT2D eigenvalue weighted by Gasteiger charge is 2.16. The Balaban J connectivity index is 1.84. The fraction of sp³-hybridized carbons (Fsp3) is 0.150. The van der Waals surface area contributed by atoms with E-state index in [0.717, 1.165) is 6.07 Å². The van der Waals surface area contributed by atoms with Crippen molar-refractivity contribution in [1.29, 1.82) is 0 Å². The molecule has 8 nitrogen and oxygen atoms in total. The molecule has 160 valence electrons. The maximum atomic E-state index is 14.1. The molecule has 2 heterocycles. The summed E-state index contributed by atoms with van der Waals surface area (Å²) >= 11 is 0. The molecule has 2 aromatic carbocycles. The Labute approximate surface area is 176 Å². The first kappa shape index (κ1) is 20.7. The number of anilines is 1. The Morgan fingerprint density at radius 1 is 1.10 bits per heavy atom. The average Bonchev–Trinajstić information content (AvgIpc) is 3.11. The van der Waals surface area contributed by atoms with Gasteiger partial charge in [-0.2, -0.15) is 0 Å². The van der Waals surface area contributed by atoms with Crippen molar-refractivity contribution in [3.05, 3.63) is 66.3 Å². The van der Waals surface area contributed by atoms with Crippen molar-refractivity contribution in [2.75, 3.05) is 10.5 Å². The van der Waals surface area contributed by atoms with Gasteiger partial charge in [0.1, 0.15) is 17.4 Å². The largest absolute Gasteiger partial charge is 0.454 e. The minimum atomic E-state index is -3.53. The standard InChI is InChI=1S/C20H17F2N5O3S/c1-3-31(28,29)26-14-5-7-18(30-19-6-4-13(21)8-16(19)22)15(9-14)17-11-27-12(2)24-25-20(27)10-23-17/h4-11,26H,3H2,1-2H3. The molecule has 0 spiro atoms. The van der Waals surface area contributed by atoms with Gasteiger partial charge < -0.3 is 4.74 Å². The molecular formula is C20H17F2N5O3S. The number of halogens is 2. The van der Waals surface area contributed by atoms with Crippen LogP contribution in [0.15, 0.2) is 48.8 Å². The van der Waals surface area contributed by atoms with E-state index in [1.807, 2.05) is 0 Å². The topological polar surface area (TPSA) is 98.5 Å². The van der Waals surface area contributed by atoms with Gasteiger partial charge in [-0.15, -0.1) is 10.2 Å². The maximum Gasteiger partial charge on any atom is 0.232 e. The monoisotopic (exact) mass is 445 g/mol. The van der Waals surface area contributed by atoms with Crippen LogP contribution in [0.1, 0.15) is 12.7 Å². The third kappa shape index (κ3) is 4.31. The number of aryl methyl sites for hydroxylation is 1. The van der Waals surface area contributed by atoms with Crippen molar-refractivity contribution in [2.24, 2.45) is 0 Å². The number of ether oxygens (including phenoxy) is 1. The molecule has 4 rings (SSSR count). The lowest BCUT2D eigenvalue weighted by Crippen LogP contribution is -2.14. The Hall–Kier alpha value is -3.60. The lowest BCUT2D eigenvalue weighted by molar-refractivity contribution is 0.439. The van der Waals surface area contributed by atoms with Crippen LogP contribution < -0.4 is 9.46 Å². The summed E-state index contributed by atoms with van der Waals surface area (Å²) in [5.41, 5.74) is 1.60. The Kier molecular flexibility index (Phi) is 5.27. The van der Waals surface area contributed by atoms with Gasteiger partial charge in [-0.3, -0.25) is 14.1 Å². The second kappa shape index (κ2) is 7.91. The van der Waals surface area contributed by atoms with E-state index in [1.54, 1.807) is 17.5 Å². The molecule has 2 aromatic heterocycles. The molecule has 0 fully saturated rings. The molecule has 0 aliphatic carbocycles. The zero-order chi connectivity index (χ0) is 22.2. The summed E-state index contributed by atoms with van der Waals surface area (Å²) in [5, 5.41) is 7.97. The molecule has 0 saturated carbocycles. The van der Waals surface area contributed by atoms with Gasteiger partial charge in [-0.25, -0.2) is 17.2 Å². The van der Waals surface area contributed by atoms with Crippen LogP contribution in [-0.2, 0) is 10.0 Å². The average molecular weight is 445 g/mol. The summed E-state index contributed by atoms with van der Waals surface area (Å²) in [7, 11) is -3.53. The summed E-state index contributed by atoms with van der Waals surface area (Å²) in [6.45, 7) is 3.28. The predicted molar refractivity (Wildman–Crippen MR) is 110 cm³/mol. The highest BCUT2D eigenvalue weighted by atomic mass is 32.2. The molecule has 0 saturated heterocycles. The van der Waals surface area contributed by atoms with Crippen LogP contribution in [-0.4, -0.2) is 33.8 Å². The summed E-state index contributed by atoms with van der Waals surface area (Å²) in [5.74, 6) is -1.09. The first-order valence-corrected chi connectivity index (χ1v) is 10.9. The molecule has 0 aliphatic heterocycles. The van der Waals surface area contributed by atoms with E-state index < -0.39 is 21.7 Å². The molecular weight excluding hydrogens is 428 g/mol. The van der Waals surface area contributed by atoms with Gasteiger partial charge in [0.2, 0.25) is 10.0 Å². The van der Waals surface area contributed by atoms with Gasteiger partial charge in [0.25, 0.3) is 0 Å². The van der Waals surface area contributed by atoms with E-state index in [2.05, 4.69) is 19.9 Å². The summed E-state index contributed by atoms with van der Waals surface area (Å²) < 4.78 is 61.2. The normalized spacial score (nSPS) is 11.6. The molecule has 0 bridgehead atoms. The first-order valence-electron chi connectivity index (χ1n) is 9.21. The Bertz CT molecular complexity index is 1390. The van der Waals surface area contributed by atoms with E-state index in [9.17, 15) is 17.2 Å². The first-order chi connectivity index (χ1) is 14.8. The van der Waals surface area contributed by atoms with Crippen molar-refractivity contribution in [3.63, 3.8) is 0 Å². The third-order valence-corrected chi connectivity index (χ3v) is 5.79. The van der Waals surface area contributed by atoms with Crippen molar-refractivity contribution in [2.45, 2.75) is 13.8 Å². The molecule has 4 aromatic rings. The van der Waals surface area contributed by atoms with E-state index >= 15 is 0 Å². The highest BCUT2D eigenvalue weighted by molar-refractivity contribution is 7.92. The summed E-state index contributed by atoms with van der Waals surface area (Å²) in [6.07, 6.45) is 3.16. The lowest BCUT2D eigenvalue weighted by Gasteiger charge is -2.14. The lowest BCUT2D eigenvalue weighted by atomic mass is 10.1. The fourth-order valence-corrected chi connectivity index (χ4v) is 3.50. The second-order valence-corrected chi connectivity index (χ2v) is 8.65. The van der Waals surface area contributed by atoms with E-state index in [4.69, 9.17) is 4.74 Å². The SMILES string of the molecule is CCS(=O)(=O)Nc1ccc(Oc2ccc(F)cc2F)c(-c2cn3c(C)nnc3cn2)c1. The summed E-state index contributed by atoms with van der Waals surface area (Å²) in [6, 6.07) is 7.45. The summed E-state index contributed by atoms with van der Waals surface area (Å²) in [4.78, 5) is 4.35. The second-order valence-electron chi connectivity index (χ2n) is 6.64. The number of benzene rings is 2. The molecule has 0 aliphatic rings. The quantitative estimate of drug-likeness (QED) is 0.483. The minimum absolute atomic E-state index is 0.106. The van der Waals surface area contributed by atoms with E-state index in [0.29, 0.717) is 28.8 Å². The number of hydrogen-bond donors (Lipinski definition) is 1. The van der Waals surface area contributed by atoms with Crippen LogP contribution in [0.25, 0.3) is 16.9 Å². The molecule has 0 amide bonds. The van der Waals surface area contributed by atoms with Crippen LogP contribution >= 0.6 is 0 Å². The number of sulfonamides is 1. The van der Waals surface area contributed by atoms with Gasteiger partial charge in [-0.1, -0.05) is 0 Å². The van der Waals surface area contributed by atoms with Gasteiger partial charge in [-0.05, 0) is 44.2 Å². The van der Waals surface area contributed by atoms with Gasteiger partial charge in [0.05, 0.1) is 17.6 Å². The number of hydrogen-bond acceptors (Lipinski definition) is 6. The van der Waals surface area contributed by atoms with Crippen LogP contribution in [0.3, 0.4) is 0 Å². The molecule has 11 heteroatoms. The molecule has 31 heavy (non-hydrogen) atoms. The minimum Gasteiger partial charge on any atom is -0.454 e. The van der Waals surface area contributed by atoms with E-state index in [-0.39, 0.29) is 22.9 Å². The fourth-order valence-electron chi connectivity index (χ4n) is 2.87. The third-order valence-electron chi connectivity index (χ3n) is 4.49. The van der Waals surface area contributed by atoms with Crippen LogP contribution in [0.5, 0.6) is 11.5 Å². The molecule has 0 unspecified atom stereocenters. The molecule has 0 radical (unpaired) electrons.